The Labute approximate surface area is 130 Å². The summed E-state index contributed by atoms with van der Waals surface area (Å²) < 4.78 is 17.3. The summed E-state index contributed by atoms with van der Waals surface area (Å²) in [5.74, 6) is 0.545. The second kappa shape index (κ2) is 7.98. The van der Waals surface area contributed by atoms with Gasteiger partial charge < -0.3 is 20.3 Å². The maximum absolute atomic E-state index is 12.1. The van der Waals surface area contributed by atoms with Crippen LogP contribution in [0.5, 0.6) is 5.75 Å². The molecule has 0 bridgehead atoms. The van der Waals surface area contributed by atoms with Crippen molar-refractivity contribution in [3.05, 3.63) is 24.3 Å². The Hall–Kier alpha value is -1.82. The zero-order valence-corrected chi connectivity index (χ0v) is 13.1. The highest BCUT2D eigenvalue weighted by Gasteiger charge is 2.26. The molecule has 2 N–H and O–H groups in total. The molecule has 0 unspecified atom stereocenters. The summed E-state index contributed by atoms with van der Waals surface area (Å²) in [6, 6.07) is 7.48. The molecule has 122 valence electrons. The van der Waals surface area contributed by atoms with Crippen molar-refractivity contribution in [1.82, 2.24) is 10.2 Å². The molecule has 1 saturated carbocycles. The van der Waals surface area contributed by atoms with Crippen molar-refractivity contribution in [2.24, 2.45) is 0 Å². The van der Waals surface area contributed by atoms with Crippen LogP contribution < -0.4 is 15.4 Å². The first-order valence-electron chi connectivity index (χ1n) is 7.61. The molecule has 0 saturated heterocycles. The first-order valence-corrected chi connectivity index (χ1v) is 7.61. The van der Waals surface area contributed by atoms with Crippen LogP contribution in [0.15, 0.2) is 24.3 Å². The molecule has 0 aliphatic heterocycles. The second-order valence-electron chi connectivity index (χ2n) is 5.79. The largest absolute Gasteiger partial charge is 0.491 e. The van der Waals surface area contributed by atoms with Crippen LogP contribution in [-0.2, 0) is 0 Å². The van der Waals surface area contributed by atoms with Crippen LogP contribution in [0.1, 0.15) is 19.3 Å². The molecule has 0 heterocycles. The Morgan fingerprint density at radius 2 is 2.23 bits per heavy atom. The van der Waals surface area contributed by atoms with Gasteiger partial charge in [-0.25, -0.2) is 9.18 Å². The van der Waals surface area contributed by atoms with E-state index in [0.717, 1.165) is 19.3 Å². The molecule has 0 aromatic heterocycles. The molecule has 1 aromatic carbocycles. The Morgan fingerprint density at radius 3 is 2.91 bits per heavy atom. The smallest absolute Gasteiger partial charge is 0.319 e. The van der Waals surface area contributed by atoms with Gasteiger partial charge in [-0.1, -0.05) is 6.07 Å². The van der Waals surface area contributed by atoms with Crippen molar-refractivity contribution in [2.45, 2.75) is 31.3 Å². The van der Waals surface area contributed by atoms with Crippen LogP contribution in [0.4, 0.5) is 14.9 Å². The molecule has 1 aliphatic carbocycles. The Bertz CT molecular complexity index is 496. The molecular formula is C16H24FN3O2. The molecule has 0 spiro atoms. The minimum atomic E-state index is -0.535. The van der Waals surface area contributed by atoms with Gasteiger partial charge in [-0.2, -0.15) is 0 Å². The molecule has 2 atom stereocenters. The van der Waals surface area contributed by atoms with Crippen molar-refractivity contribution < 1.29 is 13.9 Å². The Morgan fingerprint density at radius 1 is 1.41 bits per heavy atom. The van der Waals surface area contributed by atoms with Gasteiger partial charge in [0, 0.05) is 23.8 Å². The third-order valence-electron chi connectivity index (χ3n) is 3.91. The van der Waals surface area contributed by atoms with E-state index in [4.69, 9.17) is 4.74 Å². The van der Waals surface area contributed by atoms with E-state index in [0.29, 0.717) is 17.5 Å². The quantitative estimate of drug-likeness (QED) is 0.849. The molecule has 1 aliphatic rings. The number of amides is 2. The average Bonchev–Trinajstić information content (AvgIpc) is 2.94. The summed E-state index contributed by atoms with van der Waals surface area (Å²) in [5, 5.41) is 5.79. The zero-order chi connectivity index (χ0) is 15.9. The van der Waals surface area contributed by atoms with Gasteiger partial charge >= 0.3 is 6.03 Å². The normalized spacial score (nSPS) is 20.9. The summed E-state index contributed by atoms with van der Waals surface area (Å²) in [7, 11) is 4.13. The maximum atomic E-state index is 12.1. The van der Waals surface area contributed by atoms with Gasteiger partial charge in [0.15, 0.2) is 0 Å². The Kier molecular flexibility index (Phi) is 6.00. The van der Waals surface area contributed by atoms with Gasteiger partial charge in [0.1, 0.15) is 19.0 Å². The molecule has 6 heteroatoms. The lowest BCUT2D eigenvalue weighted by molar-refractivity contribution is 0.247. The maximum Gasteiger partial charge on any atom is 0.319 e. The fourth-order valence-electron chi connectivity index (χ4n) is 2.73. The van der Waals surface area contributed by atoms with E-state index in [-0.39, 0.29) is 18.7 Å². The number of carbonyl (C=O) groups excluding carboxylic acids is 1. The standard InChI is InChI=1S/C16H24FN3O2/c1-20(2)14-7-6-13(10-14)19-16(21)18-12-4-3-5-15(11-12)22-9-8-17/h3-5,11,13-14H,6-10H2,1-2H3,(H2,18,19,21)/t13-,14+/m0/s1. The van der Waals surface area contributed by atoms with E-state index < -0.39 is 6.67 Å². The fourth-order valence-corrected chi connectivity index (χ4v) is 2.73. The summed E-state index contributed by atoms with van der Waals surface area (Å²) in [4.78, 5) is 14.2. The van der Waals surface area contributed by atoms with E-state index >= 15 is 0 Å². The van der Waals surface area contributed by atoms with Crippen LogP contribution >= 0.6 is 0 Å². The number of ether oxygens (including phenoxy) is 1. The fraction of sp³-hybridized carbons (Fsp3) is 0.562. The van der Waals surface area contributed by atoms with Gasteiger partial charge in [0.25, 0.3) is 0 Å². The number of halogens is 1. The van der Waals surface area contributed by atoms with Gasteiger partial charge in [0.05, 0.1) is 0 Å². The highest BCUT2D eigenvalue weighted by molar-refractivity contribution is 5.89. The summed E-state index contributed by atoms with van der Waals surface area (Å²) in [6.07, 6.45) is 3.07. The Balaban J connectivity index is 1.82. The number of hydrogen-bond acceptors (Lipinski definition) is 3. The van der Waals surface area contributed by atoms with Crippen LogP contribution in [0.2, 0.25) is 0 Å². The van der Waals surface area contributed by atoms with E-state index in [1.54, 1.807) is 24.3 Å². The molecule has 22 heavy (non-hydrogen) atoms. The third-order valence-corrected chi connectivity index (χ3v) is 3.91. The number of rotatable bonds is 6. The van der Waals surface area contributed by atoms with Crippen molar-refractivity contribution in [2.75, 3.05) is 32.7 Å². The van der Waals surface area contributed by atoms with Crippen molar-refractivity contribution in [3.63, 3.8) is 0 Å². The van der Waals surface area contributed by atoms with Gasteiger partial charge in [0.2, 0.25) is 0 Å². The SMILES string of the molecule is CN(C)[C@@H]1CC[C@H](NC(=O)Nc2cccc(OCCF)c2)C1. The summed E-state index contributed by atoms with van der Waals surface area (Å²) >= 11 is 0. The van der Waals surface area contributed by atoms with Gasteiger partial charge in [-0.05, 0) is 45.5 Å². The average molecular weight is 309 g/mol. The van der Waals surface area contributed by atoms with Gasteiger partial charge in [-0.3, -0.25) is 0 Å². The predicted molar refractivity (Wildman–Crippen MR) is 85.2 cm³/mol. The lowest BCUT2D eigenvalue weighted by Crippen LogP contribution is -2.37. The van der Waals surface area contributed by atoms with E-state index in [1.807, 2.05) is 0 Å². The van der Waals surface area contributed by atoms with Crippen molar-refractivity contribution >= 4 is 11.7 Å². The van der Waals surface area contributed by atoms with Crippen LogP contribution in [0.3, 0.4) is 0 Å². The summed E-state index contributed by atoms with van der Waals surface area (Å²) in [6.45, 7) is -0.517. The highest BCUT2D eigenvalue weighted by Crippen LogP contribution is 2.23. The zero-order valence-electron chi connectivity index (χ0n) is 13.1. The number of anilines is 1. The molecular weight excluding hydrogens is 285 g/mol. The molecule has 1 aromatic rings. The lowest BCUT2D eigenvalue weighted by atomic mass is 10.2. The minimum absolute atomic E-state index is 0.0175. The number of urea groups is 1. The molecule has 2 amide bonds. The van der Waals surface area contributed by atoms with Crippen LogP contribution in [0.25, 0.3) is 0 Å². The first-order chi connectivity index (χ1) is 10.6. The lowest BCUT2D eigenvalue weighted by Gasteiger charge is -2.19. The van der Waals surface area contributed by atoms with Crippen LogP contribution in [-0.4, -0.2) is 50.4 Å². The number of alkyl halides is 1. The van der Waals surface area contributed by atoms with Crippen molar-refractivity contribution in [3.8, 4) is 5.75 Å². The van der Waals surface area contributed by atoms with Crippen LogP contribution in [0, 0.1) is 0 Å². The second-order valence-corrected chi connectivity index (χ2v) is 5.79. The number of hydrogen-bond donors (Lipinski definition) is 2. The minimum Gasteiger partial charge on any atom is -0.491 e. The molecule has 5 nitrogen and oxygen atoms in total. The molecule has 0 radical (unpaired) electrons. The van der Waals surface area contributed by atoms with Gasteiger partial charge in [-0.15, -0.1) is 0 Å². The number of benzene rings is 1. The first kappa shape index (κ1) is 16.5. The predicted octanol–water partition coefficient (Wildman–Crippen LogP) is 2.64. The third kappa shape index (κ3) is 4.87. The molecule has 2 rings (SSSR count). The van der Waals surface area contributed by atoms with Crippen molar-refractivity contribution in [1.29, 1.82) is 0 Å². The summed E-state index contributed by atoms with van der Waals surface area (Å²) in [5.41, 5.74) is 0.635. The number of nitrogens with zero attached hydrogens (tertiary/aromatic N) is 1. The highest BCUT2D eigenvalue weighted by atomic mass is 19.1. The van der Waals surface area contributed by atoms with E-state index in [1.165, 1.54) is 0 Å². The van der Waals surface area contributed by atoms with E-state index in [2.05, 4.69) is 29.6 Å². The number of nitrogens with one attached hydrogen (secondary N) is 2. The van der Waals surface area contributed by atoms with E-state index in [9.17, 15) is 9.18 Å². The topological polar surface area (TPSA) is 53.6 Å². The molecule has 1 fully saturated rings. The monoisotopic (exact) mass is 309 g/mol. The number of carbonyl (C=O) groups is 1.